The molecule has 1 rings (SSSR count). The summed E-state index contributed by atoms with van der Waals surface area (Å²) in [6.07, 6.45) is 11.0. The molecule has 0 amide bonds. The molecular formula is C22H41P. The predicted octanol–water partition coefficient (Wildman–Crippen LogP) is 8.19. The van der Waals surface area contributed by atoms with Crippen LogP contribution in [-0.2, 0) is 12.1 Å². The van der Waals surface area contributed by atoms with Gasteiger partial charge in [0.2, 0.25) is 0 Å². The fraction of sp³-hybridized carbons (Fsp3) is 0.818. The van der Waals surface area contributed by atoms with Crippen LogP contribution in [0.25, 0.3) is 0 Å². The third-order valence-electron chi connectivity index (χ3n) is 6.13. The minimum absolute atomic E-state index is 0.0476. The number of rotatable bonds is 10. The van der Waals surface area contributed by atoms with E-state index in [4.69, 9.17) is 0 Å². The summed E-state index contributed by atoms with van der Waals surface area (Å²) in [5.74, 6) is 0.916. The Morgan fingerprint density at radius 3 is 2.04 bits per heavy atom. The number of unbranched alkanes of at least 4 members (excludes halogenated alkanes) is 1. The highest BCUT2D eigenvalue weighted by Crippen LogP contribution is 2.51. The summed E-state index contributed by atoms with van der Waals surface area (Å²) in [4.78, 5) is 0. The fourth-order valence-corrected chi connectivity index (χ4v) is 7.25. The fourth-order valence-electron chi connectivity index (χ4n) is 4.54. The Morgan fingerprint density at radius 1 is 0.913 bits per heavy atom. The summed E-state index contributed by atoms with van der Waals surface area (Å²) in [7, 11) is -0.0476. The quantitative estimate of drug-likeness (QED) is 0.378. The summed E-state index contributed by atoms with van der Waals surface area (Å²) in [5.41, 5.74) is 3.66. The van der Waals surface area contributed by atoms with Gasteiger partial charge in [-0.1, -0.05) is 66.2 Å². The van der Waals surface area contributed by atoms with Crippen molar-refractivity contribution in [2.45, 2.75) is 105 Å². The van der Waals surface area contributed by atoms with Crippen LogP contribution in [0.4, 0.5) is 0 Å². The molecule has 0 aliphatic carbocycles. The Bertz CT molecular complexity index is 457. The second-order valence-electron chi connectivity index (χ2n) is 8.19. The standard InChI is InChI=1S/C22H41P/c1-9-13-17(3)14-11-12-16-22(7,15-10-2)21-19(5)18(4)20(6)23(21)8/h17H,9-16H2,1-8H3/t17-,22-,23?/m0/s1. The van der Waals surface area contributed by atoms with Crippen molar-refractivity contribution >= 4 is 7.53 Å². The molecule has 0 spiro atoms. The van der Waals surface area contributed by atoms with Crippen molar-refractivity contribution < 1.29 is 0 Å². The molecule has 0 aromatic carbocycles. The maximum absolute atomic E-state index is 2.56. The van der Waals surface area contributed by atoms with E-state index >= 15 is 0 Å². The normalized spacial score (nSPS) is 16.4. The van der Waals surface area contributed by atoms with E-state index in [0.29, 0.717) is 5.41 Å². The largest absolute Gasteiger partial charge is 0.121 e. The third kappa shape index (κ3) is 5.12. The molecule has 0 saturated heterocycles. The van der Waals surface area contributed by atoms with Crippen molar-refractivity contribution in [3.8, 4) is 0 Å². The van der Waals surface area contributed by atoms with E-state index in [1.807, 2.05) is 5.30 Å². The average molecular weight is 337 g/mol. The highest BCUT2D eigenvalue weighted by molar-refractivity contribution is 7.49. The maximum atomic E-state index is 2.56. The minimum Gasteiger partial charge on any atom is -0.121 e. The van der Waals surface area contributed by atoms with Crippen LogP contribution in [0.3, 0.4) is 0 Å². The highest BCUT2D eigenvalue weighted by Gasteiger charge is 2.31. The van der Waals surface area contributed by atoms with Crippen LogP contribution in [0.5, 0.6) is 0 Å². The molecule has 1 heterocycles. The van der Waals surface area contributed by atoms with Gasteiger partial charge in [0.25, 0.3) is 0 Å². The van der Waals surface area contributed by atoms with Gasteiger partial charge in [0, 0.05) is 0 Å². The second-order valence-corrected chi connectivity index (χ2v) is 10.4. The SMILES string of the molecule is CCC[C@H](C)CCCC[C@](C)(CCC)c1c(C)c(C)c(C)p1C. The number of hydrogen-bond donors (Lipinski definition) is 0. The molecule has 23 heavy (non-hydrogen) atoms. The van der Waals surface area contributed by atoms with E-state index in [1.165, 1.54) is 51.4 Å². The molecule has 3 atom stereocenters. The first-order valence-corrected chi connectivity index (χ1v) is 11.7. The van der Waals surface area contributed by atoms with Crippen LogP contribution in [0.1, 0.15) is 101 Å². The maximum Gasteiger partial charge on any atom is -0.00353 e. The lowest BCUT2D eigenvalue weighted by Gasteiger charge is -2.32. The average Bonchev–Trinajstić information content (AvgIpc) is 2.68. The Labute approximate surface area is 147 Å². The molecule has 0 bridgehead atoms. The molecule has 0 nitrogen and oxygen atoms in total. The summed E-state index contributed by atoms with van der Waals surface area (Å²) in [6, 6.07) is 0. The molecule has 0 aliphatic heterocycles. The Morgan fingerprint density at radius 2 is 1.57 bits per heavy atom. The van der Waals surface area contributed by atoms with Gasteiger partial charge in [0.05, 0.1) is 0 Å². The first-order chi connectivity index (χ1) is 10.8. The van der Waals surface area contributed by atoms with E-state index in [2.05, 4.69) is 55.1 Å². The predicted molar refractivity (Wildman–Crippen MR) is 109 cm³/mol. The van der Waals surface area contributed by atoms with Gasteiger partial charge in [-0.05, 0) is 73.3 Å². The zero-order valence-electron chi connectivity index (χ0n) is 17.2. The van der Waals surface area contributed by atoms with Gasteiger partial charge in [-0.2, -0.15) is 0 Å². The molecule has 0 aliphatic rings. The molecule has 134 valence electrons. The van der Waals surface area contributed by atoms with Gasteiger partial charge in [0.1, 0.15) is 0 Å². The van der Waals surface area contributed by atoms with Gasteiger partial charge < -0.3 is 0 Å². The van der Waals surface area contributed by atoms with Crippen molar-refractivity contribution in [1.82, 2.24) is 0 Å². The van der Waals surface area contributed by atoms with E-state index in [9.17, 15) is 0 Å². The monoisotopic (exact) mass is 336 g/mol. The molecule has 1 aromatic rings. The molecule has 0 saturated carbocycles. The Hall–Kier alpha value is -0.220. The zero-order chi connectivity index (χ0) is 17.6. The molecule has 1 unspecified atom stereocenters. The molecule has 0 fully saturated rings. The summed E-state index contributed by atoms with van der Waals surface area (Å²) in [5, 5.41) is 3.50. The Kier molecular flexibility index (Phi) is 8.43. The van der Waals surface area contributed by atoms with Crippen LogP contribution >= 0.6 is 7.53 Å². The van der Waals surface area contributed by atoms with Crippen molar-refractivity contribution in [2.24, 2.45) is 12.6 Å². The Balaban J connectivity index is 2.82. The van der Waals surface area contributed by atoms with Gasteiger partial charge in [0.15, 0.2) is 0 Å². The second kappa shape index (κ2) is 9.31. The van der Waals surface area contributed by atoms with Gasteiger partial charge in [-0.25, -0.2) is 0 Å². The van der Waals surface area contributed by atoms with Crippen LogP contribution in [-0.4, -0.2) is 0 Å². The smallest absolute Gasteiger partial charge is 0.00353 e. The molecular weight excluding hydrogens is 295 g/mol. The molecule has 0 N–H and O–H groups in total. The lowest BCUT2D eigenvalue weighted by molar-refractivity contribution is 0.368. The van der Waals surface area contributed by atoms with Crippen LogP contribution in [0.15, 0.2) is 0 Å². The summed E-state index contributed by atoms with van der Waals surface area (Å²) < 4.78 is 0. The van der Waals surface area contributed by atoms with Gasteiger partial charge in [-0.3, -0.25) is 0 Å². The third-order valence-corrected chi connectivity index (χ3v) is 9.02. The van der Waals surface area contributed by atoms with Crippen molar-refractivity contribution in [2.75, 3.05) is 0 Å². The first kappa shape index (κ1) is 20.8. The lowest BCUT2D eigenvalue weighted by Crippen LogP contribution is -2.22. The van der Waals surface area contributed by atoms with E-state index in [0.717, 1.165) is 5.92 Å². The van der Waals surface area contributed by atoms with Crippen molar-refractivity contribution in [1.29, 1.82) is 0 Å². The topological polar surface area (TPSA) is 0 Å². The van der Waals surface area contributed by atoms with Crippen LogP contribution < -0.4 is 0 Å². The van der Waals surface area contributed by atoms with Crippen molar-refractivity contribution in [3.05, 3.63) is 21.7 Å². The summed E-state index contributed by atoms with van der Waals surface area (Å²) in [6.45, 7) is 19.3. The van der Waals surface area contributed by atoms with Crippen LogP contribution in [0, 0.1) is 26.7 Å². The lowest BCUT2D eigenvalue weighted by atomic mass is 9.77. The summed E-state index contributed by atoms with van der Waals surface area (Å²) >= 11 is 0. The van der Waals surface area contributed by atoms with Gasteiger partial charge >= 0.3 is 0 Å². The van der Waals surface area contributed by atoms with E-state index in [-0.39, 0.29) is 7.53 Å². The van der Waals surface area contributed by atoms with Crippen LogP contribution in [0.2, 0.25) is 0 Å². The van der Waals surface area contributed by atoms with E-state index in [1.54, 1.807) is 16.4 Å². The molecule has 0 radical (unpaired) electrons. The van der Waals surface area contributed by atoms with E-state index < -0.39 is 0 Å². The minimum atomic E-state index is -0.0476. The van der Waals surface area contributed by atoms with Gasteiger partial charge in [-0.15, -0.1) is 7.53 Å². The molecule has 1 heteroatoms. The number of hydrogen-bond acceptors (Lipinski definition) is 0. The first-order valence-electron chi connectivity index (χ1n) is 9.91. The van der Waals surface area contributed by atoms with Crippen molar-refractivity contribution in [3.63, 3.8) is 0 Å². The highest BCUT2D eigenvalue weighted by atomic mass is 31.1. The molecule has 1 aromatic heterocycles. The zero-order valence-corrected chi connectivity index (χ0v) is 18.1.